The van der Waals surface area contributed by atoms with Crippen molar-refractivity contribution in [3.63, 3.8) is 0 Å². The summed E-state index contributed by atoms with van der Waals surface area (Å²) in [5.74, 6) is 0. The van der Waals surface area contributed by atoms with E-state index in [1.54, 1.807) is 38.1 Å². The molecule has 112 valence electrons. The highest BCUT2D eigenvalue weighted by atomic mass is 32.1. The molecule has 2 aromatic rings. The van der Waals surface area contributed by atoms with Gasteiger partial charge in [0.05, 0.1) is 16.3 Å². The van der Waals surface area contributed by atoms with Gasteiger partial charge in [-0.2, -0.15) is 5.26 Å². The summed E-state index contributed by atoms with van der Waals surface area (Å²) in [7, 11) is 0. The SMILES string of the molecule is C/C=C(C#N)\C=C(/C)NC(=O)Nc1nc2ccc(N)cc2s1. The van der Waals surface area contributed by atoms with Gasteiger partial charge in [0.1, 0.15) is 0 Å². The molecule has 6 nitrogen and oxygen atoms in total. The number of rotatable bonds is 3. The van der Waals surface area contributed by atoms with Gasteiger partial charge >= 0.3 is 6.03 Å². The number of nitriles is 1. The lowest BCUT2D eigenvalue weighted by molar-refractivity contribution is 0.254. The Hall–Kier alpha value is -2.85. The molecule has 1 aromatic carbocycles. The molecule has 0 unspecified atom stereocenters. The Kier molecular flexibility index (Phi) is 4.76. The summed E-state index contributed by atoms with van der Waals surface area (Å²) in [6.07, 6.45) is 3.26. The van der Waals surface area contributed by atoms with Crippen molar-refractivity contribution < 1.29 is 4.79 Å². The minimum atomic E-state index is -0.408. The summed E-state index contributed by atoms with van der Waals surface area (Å²) in [5, 5.41) is 14.6. The number of thiazole rings is 1. The monoisotopic (exact) mass is 313 g/mol. The predicted octanol–water partition coefficient (Wildman–Crippen LogP) is 3.37. The summed E-state index contributed by atoms with van der Waals surface area (Å²) in [5.41, 5.74) is 8.19. The van der Waals surface area contributed by atoms with Crippen LogP contribution in [0.4, 0.5) is 15.6 Å². The highest BCUT2D eigenvalue weighted by molar-refractivity contribution is 7.22. The van der Waals surface area contributed by atoms with Crippen molar-refractivity contribution in [1.82, 2.24) is 10.3 Å². The quantitative estimate of drug-likeness (QED) is 0.459. The molecule has 0 aliphatic heterocycles. The molecule has 0 aliphatic carbocycles. The zero-order valence-corrected chi connectivity index (χ0v) is 13.0. The number of benzene rings is 1. The smallest absolute Gasteiger partial charge is 0.325 e. The summed E-state index contributed by atoms with van der Waals surface area (Å²) in [6, 6.07) is 6.99. The van der Waals surface area contributed by atoms with Crippen LogP contribution in [0.2, 0.25) is 0 Å². The molecular formula is C15H15N5OS. The third-order valence-electron chi connectivity index (χ3n) is 2.76. The lowest BCUT2D eigenvalue weighted by Crippen LogP contribution is -2.27. The Morgan fingerprint density at radius 3 is 2.95 bits per heavy atom. The van der Waals surface area contributed by atoms with Gasteiger partial charge in [0, 0.05) is 17.0 Å². The summed E-state index contributed by atoms with van der Waals surface area (Å²) >= 11 is 1.34. The Bertz CT molecular complexity index is 813. The van der Waals surface area contributed by atoms with Crippen LogP contribution in [-0.4, -0.2) is 11.0 Å². The largest absolute Gasteiger partial charge is 0.399 e. The van der Waals surface area contributed by atoms with E-state index in [4.69, 9.17) is 11.0 Å². The molecule has 2 amide bonds. The zero-order chi connectivity index (χ0) is 16.1. The van der Waals surface area contributed by atoms with E-state index in [0.717, 1.165) is 10.2 Å². The Morgan fingerprint density at radius 1 is 1.50 bits per heavy atom. The lowest BCUT2D eigenvalue weighted by atomic mass is 10.2. The van der Waals surface area contributed by atoms with Crippen molar-refractivity contribution >= 4 is 38.4 Å². The number of nitrogen functional groups attached to an aromatic ring is 1. The van der Waals surface area contributed by atoms with E-state index < -0.39 is 6.03 Å². The summed E-state index contributed by atoms with van der Waals surface area (Å²) in [4.78, 5) is 16.2. The number of fused-ring (bicyclic) bond motifs is 1. The first-order valence-corrected chi connectivity index (χ1v) is 7.32. The first-order valence-electron chi connectivity index (χ1n) is 6.50. The van der Waals surface area contributed by atoms with Crippen LogP contribution in [0, 0.1) is 11.3 Å². The van der Waals surface area contributed by atoms with E-state index in [2.05, 4.69) is 15.6 Å². The molecule has 0 saturated carbocycles. The summed E-state index contributed by atoms with van der Waals surface area (Å²) in [6.45, 7) is 3.47. The molecule has 1 heterocycles. The van der Waals surface area contributed by atoms with Crippen LogP contribution >= 0.6 is 11.3 Å². The van der Waals surface area contributed by atoms with Crippen LogP contribution in [0.5, 0.6) is 0 Å². The van der Waals surface area contributed by atoms with Crippen molar-refractivity contribution in [2.45, 2.75) is 13.8 Å². The fraction of sp³-hybridized carbons (Fsp3) is 0.133. The van der Waals surface area contributed by atoms with E-state index in [1.807, 2.05) is 12.1 Å². The van der Waals surface area contributed by atoms with Crippen LogP contribution in [0.15, 0.2) is 41.6 Å². The van der Waals surface area contributed by atoms with Gasteiger partial charge in [-0.25, -0.2) is 9.78 Å². The van der Waals surface area contributed by atoms with Gasteiger partial charge in [0.25, 0.3) is 0 Å². The van der Waals surface area contributed by atoms with E-state index in [1.165, 1.54) is 11.3 Å². The number of nitrogens with one attached hydrogen (secondary N) is 2. The Morgan fingerprint density at radius 2 is 2.27 bits per heavy atom. The number of carbonyl (C=O) groups excluding carboxylic acids is 1. The van der Waals surface area contributed by atoms with Gasteiger partial charge in [0.2, 0.25) is 0 Å². The molecule has 2 rings (SSSR count). The molecule has 7 heteroatoms. The maximum absolute atomic E-state index is 11.9. The molecular weight excluding hydrogens is 298 g/mol. The van der Waals surface area contributed by atoms with Crippen molar-refractivity contribution in [2.24, 2.45) is 0 Å². The third kappa shape index (κ3) is 3.84. The predicted molar refractivity (Wildman–Crippen MR) is 89.3 cm³/mol. The first-order chi connectivity index (χ1) is 10.5. The molecule has 0 radical (unpaired) electrons. The van der Waals surface area contributed by atoms with Crippen molar-refractivity contribution in [3.05, 3.63) is 41.6 Å². The molecule has 1 aromatic heterocycles. The fourth-order valence-corrected chi connectivity index (χ4v) is 2.66. The van der Waals surface area contributed by atoms with Crippen molar-refractivity contribution in [2.75, 3.05) is 11.1 Å². The van der Waals surface area contributed by atoms with Crippen LogP contribution in [0.3, 0.4) is 0 Å². The van der Waals surface area contributed by atoms with Crippen LogP contribution in [-0.2, 0) is 0 Å². The number of hydrogen-bond acceptors (Lipinski definition) is 5. The van der Waals surface area contributed by atoms with Crippen molar-refractivity contribution in [3.8, 4) is 6.07 Å². The second-order valence-electron chi connectivity index (χ2n) is 4.51. The van der Waals surface area contributed by atoms with Gasteiger partial charge in [-0.3, -0.25) is 5.32 Å². The molecule has 0 aliphatic rings. The lowest BCUT2D eigenvalue weighted by Gasteiger charge is -2.04. The number of urea groups is 1. The van der Waals surface area contributed by atoms with E-state index in [9.17, 15) is 4.79 Å². The summed E-state index contributed by atoms with van der Waals surface area (Å²) < 4.78 is 0.906. The number of allylic oxidation sites excluding steroid dienone is 4. The molecule has 22 heavy (non-hydrogen) atoms. The van der Waals surface area contributed by atoms with Gasteiger partial charge < -0.3 is 11.1 Å². The van der Waals surface area contributed by atoms with E-state index in [0.29, 0.717) is 22.1 Å². The minimum Gasteiger partial charge on any atom is -0.399 e. The number of aromatic nitrogens is 1. The standard InChI is InChI=1S/C15H15N5OS/c1-3-10(8-16)6-9(2)18-14(21)20-15-19-12-5-4-11(17)7-13(12)22-15/h3-7H,17H2,1-2H3,(H2,18,19,20,21)/b9-6+,10-3+. The molecule has 0 fully saturated rings. The topological polar surface area (TPSA) is 104 Å². The van der Waals surface area contributed by atoms with Gasteiger partial charge in [-0.1, -0.05) is 17.4 Å². The Labute approximate surface area is 132 Å². The second kappa shape index (κ2) is 6.74. The highest BCUT2D eigenvalue weighted by Gasteiger charge is 2.08. The number of nitrogens with two attached hydrogens (primary N) is 1. The normalized spacial score (nSPS) is 12.0. The number of nitrogens with zero attached hydrogens (tertiary/aromatic N) is 2. The molecule has 0 spiro atoms. The average Bonchev–Trinajstić information content (AvgIpc) is 2.85. The van der Waals surface area contributed by atoms with E-state index in [-0.39, 0.29) is 0 Å². The first kappa shape index (κ1) is 15.5. The van der Waals surface area contributed by atoms with Gasteiger partial charge in [-0.05, 0) is 38.1 Å². The molecule has 0 atom stereocenters. The van der Waals surface area contributed by atoms with E-state index >= 15 is 0 Å². The average molecular weight is 313 g/mol. The maximum atomic E-state index is 11.9. The van der Waals surface area contributed by atoms with Crippen LogP contribution in [0.1, 0.15) is 13.8 Å². The van der Waals surface area contributed by atoms with Gasteiger partial charge in [0.15, 0.2) is 5.13 Å². The highest BCUT2D eigenvalue weighted by Crippen LogP contribution is 2.27. The third-order valence-corrected chi connectivity index (χ3v) is 3.69. The zero-order valence-electron chi connectivity index (χ0n) is 12.2. The van der Waals surface area contributed by atoms with Crippen LogP contribution < -0.4 is 16.4 Å². The molecule has 0 saturated heterocycles. The number of amides is 2. The second-order valence-corrected chi connectivity index (χ2v) is 5.54. The molecule has 4 N–H and O–H groups in total. The van der Waals surface area contributed by atoms with Gasteiger partial charge in [-0.15, -0.1) is 0 Å². The number of anilines is 2. The number of hydrogen-bond donors (Lipinski definition) is 3. The fourth-order valence-electron chi connectivity index (χ4n) is 1.75. The molecule has 0 bridgehead atoms. The maximum Gasteiger partial charge on any atom is 0.325 e. The van der Waals surface area contributed by atoms with Crippen LogP contribution in [0.25, 0.3) is 10.2 Å². The Balaban J connectivity index is 2.06. The van der Waals surface area contributed by atoms with Crippen molar-refractivity contribution in [1.29, 1.82) is 5.26 Å². The number of carbonyl (C=O) groups is 1. The minimum absolute atomic E-state index is 0.408.